The molecule has 1 amide bonds. The number of azo groups is 1. The summed E-state index contributed by atoms with van der Waals surface area (Å²) in [4.78, 5) is 12.6. The number of hydrogen-bond acceptors (Lipinski definition) is 7. The number of nitrogens with one attached hydrogen (secondary N) is 1. The number of methoxy groups -OCH3 is 1. The van der Waals surface area contributed by atoms with Crippen molar-refractivity contribution in [1.29, 1.82) is 0 Å². The number of aryl methyl sites for hydroxylation is 1. The summed E-state index contributed by atoms with van der Waals surface area (Å²) in [6.45, 7) is 1.43. The number of hydrogen-bond donors (Lipinski definition) is 2. The molecule has 0 aliphatic rings. The van der Waals surface area contributed by atoms with Crippen LogP contribution in [-0.4, -0.2) is 26.0 Å². The fraction of sp³-hybridized carbons (Fsp3) is 0.0800. The Morgan fingerprint density at radius 2 is 1.76 bits per heavy atom. The van der Waals surface area contributed by atoms with Gasteiger partial charge in [0.2, 0.25) is 0 Å². The number of halogens is 2. The molecule has 2 N–H and O–H groups in total. The minimum Gasteiger partial charge on any atom is -0.870 e. The second-order valence-corrected chi connectivity index (χ2v) is 10.1. The summed E-state index contributed by atoms with van der Waals surface area (Å²) in [5.74, 6) is -1.12. The number of benzene rings is 4. The quantitative estimate of drug-likeness (QED) is 0.203. The van der Waals surface area contributed by atoms with E-state index in [1.54, 1.807) is 30.3 Å². The van der Waals surface area contributed by atoms with Crippen molar-refractivity contribution in [2.75, 3.05) is 12.4 Å². The largest absolute Gasteiger partial charge is 1.00 e. The first kappa shape index (κ1) is 29.9. The molecule has 0 heterocycles. The van der Waals surface area contributed by atoms with Crippen LogP contribution in [-0.2, 0) is 10.1 Å². The minimum atomic E-state index is -4.68. The van der Waals surface area contributed by atoms with Gasteiger partial charge in [-0.3, -0.25) is 9.35 Å². The van der Waals surface area contributed by atoms with Crippen molar-refractivity contribution in [2.45, 2.75) is 11.8 Å². The molecule has 0 atom stereocenters. The van der Waals surface area contributed by atoms with Crippen molar-refractivity contribution in [1.82, 2.24) is 0 Å². The Labute approximate surface area is 250 Å². The summed E-state index contributed by atoms with van der Waals surface area (Å²) < 4.78 is 38.7. The van der Waals surface area contributed by atoms with Crippen LogP contribution >= 0.6 is 23.2 Å². The Balaban J connectivity index is 0.00000400. The number of nitrogens with zero attached hydrogens (tertiary/aromatic N) is 2. The molecule has 9 nitrogen and oxygen atoms in total. The average molecular weight is 582 g/mol. The van der Waals surface area contributed by atoms with Crippen LogP contribution in [0, 0.1) is 6.92 Å². The summed E-state index contributed by atoms with van der Waals surface area (Å²) >= 11 is 12.1. The molecule has 0 saturated carbocycles. The van der Waals surface area contributed by atoms with Gasteiger partial charge >= 0.3 is 29.6 Å². The number of carbonyl (C=O) groups is 1. The van der Waals surface area contributed by atoms with Crippen LogP contribution in [0.3, 0.4) is 0 Å². The number of amides is 1. The summed E-state index contributed by atoms with van der Waals surface area (Å²) in [6, 6.07) is 15.2. The molecule has 4 rings (SSSR count). The van der Waals surface area contributed by atoms with Crippen LogP contribution in [0.15, 0.2) is 75.8 Å². The van der Waals surface area contributed by atoms with Gasteiger partial charge in [0, 0.05) is 27.7 Å². The van der Waals surface area contributed by atoms with Gasteiger partial charge in [-0.15, -0.1) is 5.11 Å². The van der Waals surface area contributed by atoms with Crippen LogP contribution in [0.2, 0.25) is 10.0 Å². The smallest absolute Gasteiger partial charge is 0.870 e. The second-order valence-electron chi connectivity index (χ2n) is 7.87. The van der Waals surface area contributed by atoms with Crippen molar-refractivity contribution in [3.05, 3.63) is 81.8 Å². The SMILES string of the molecule is COc1cc(NC(=O)c2cc3ccccc3c(N=Nc3cc(Cl)cc(C)c3S(=O)(=O)O)c2[O-])ccc1Cl.[Na+]. The van der Waals surface area contributed by atoms with E-state index in [9.17, 15) is 22.9 Å². The zero-order chi connectivity index (χ0) is 26.9. The van der Waals surface area contributed by atoms with Gasteiger partial charge in [-0.05, 0) is 48.2 Å². The van der Waals surface area contributed by atoms with Gasteiger partial charge in [0.15, 0.2) is 0 Å². The molecule has 0 unspecified atom stereocenters. The van der Waals surface area contributed by atoms with E-state index < -0.39 is 26.7 Å². The van der Waals surface area contributed by atoms with Crippen LogP contribution in [0.1, 0.15) is 15.9 Å². The number of anilines is 1. The summed E-state index contributed by atoms with van der Waals surface area (Å²) in [5, 5.41) is 25.3. The number of carbonyl (C=O) groups excluding carboxylic acids is 1. The monoisotopic (exact) mass is 581 g/mol. The van der Waals surface area contributed by atoms with Gasteiger partial charge in [0.05, 0.1) is 17.8 Å². The molecule has 13 heteroatoms. The Bertz CT molecular complexity index is 1700. The molecule has 38 heavy (non-hydrogen) atoms. The van der Waals surface area contributed by atoms with E-state index in [1.165, 1.54) is 44.4 Å². The molecule has 0 aliphatic heterocycles. The maximum Gasteiger partial charge on any atom is 1.00 e. The van der Waals surface area contributed by atoms with Crippen LogP contribution < -0.4 is 44.7 Å². The summed E-state index contributed by atoms with van der Waals surface area (Å²) in [6.07, 6.45) is 0. The van der Waals surface area contributed by atoms with Crippen LogP contribution in [0.5, 0.6) is 11.5 Å². The zero-order valence-electron chi connectivity index (χ0n) is 20.3. The zero-order valence-corrected chi connectivity index (χ0v) is 24.6. The molecule has 0 aromatic heterocycles. The van der Waals surface area contributed by atoms with E-state index in [-0.39, 0.29) is 57.1 Å². The maximum absolute atomic E-state index is 13.4. The van der Waals surface area contributed by atoms with Crippen molar-refractivity contribution in [3.8, 4) is 11.5 Å². The van der Waals surface area contributed by atoms with Gasteiger partial charge in [0.1, 0.15) is 16.3 Å². The topological polar surface area (TPSA) is 140 Å². The first-order valence-corrected chi connectivity index (χ1v) is 12.8. The molecular formula is C25H18Cl2N3NaO6S. The molecule has 0 aliphatic carbocycles. The third-order valence-electron chi connectivity index (χ3n) is 5.36. The average Bonchev–Trinajstić information content (AvgIpc) is 2.82. The van der Waals surface area contributed by atoms with E-state index >= 15 is 0 Å². The standard InChI is InChI=1S/C25H19Cl2N3O6S.Na/c1-13-9-15(26)11-20(24(13)37(33,34)35)29-30-22-17-6-4-3-5-14(17)10-18(23(22)31)25(32)28-16-7-8-19(27)21(12-16)36-2;/h3-12,31H,1-2H3,(H,28,32)(H,33,34,35);/q;+1/p-1. The normalized spacial score (nSPS) is 11.4. The number of ether oxygens (including phenoxy) is 1. The molecule has 4 aromatic rings. The van der Waals surface area contributed by atoms with Gasteiger partial charge in [0.25, 0.3) is 16.0 Å². The van der Waals surface area contributed by atoms with Crippen molar-refractivity contribution in [3.63, 3.8) is 0 Å². The predicted molar refractivity (Wildman–Crippen MR) is 140 cm³/mol. The van der Waals surface area contributed by atoms with E-state index in [0.29, 0.717) is 27.2 Å². The number of fused-ring (bicyclic) bond motifs is 1. The van der Waals surface area contributed by atoms with Crippen molar-refractivity contribution < 1.29 is 57.2 Å². The first-order valence-electron chi connectivity index (χ1n) is 10.6. The Morgan fingerprint density at radius 3 is 2.45 bits per heavy atom. The molecule has 0 fully saturated rings. The first-order chi connectivity index (χ1) is 17.5. The fourth-order valence-corrected chi connectivity index (χ4v) is 5.03. The Kier molecular flexibility index (Phi) is 9.43. The van der Waals surface area contributed by atoms with Crippen LogP contribution in [0.25, 0.3) is 10.8 Å². The Morgan fingerprint density at radius 1 is 1.05 bits per heavy atom. The van der Waals surface area contributed by atoms with Crippen molar-refractivity contribution >= 4 is 67.1 Å². The van der Waals surface area contributed by atoms with E-state index in [1.807, 2.05) is 0 Å². The molecule has 0 bridgehead atoms. The third-order valence-corrected chi connectivity index (χ3v) is 6.94. The fourth-order valence-electron chi connectivity index (χ4n) is 3.74. The van der Waals surface area contributed by atoms with Gasteiger partial charge < -0.3 is 15.2 Å². The number of rotatable bonds is 6. The molecule has 0 spiro atoms. The van der Waals surface area contributed by atoms with Gasteiger partial charge in [-0.2, -0.15) is 13.5 Å². The van der Waals surface area contributed by atoms with E-state index in [4.69, 9.17) is 27.9 Å². The van der Waals surface area contributed by atoms with E-state index in [2.05, 4.69) is 15.5 Å². The van der Waals surface area contributed by atoms with Gasteiger partial charge in [-0.25, -0.2) is 0 Å². The maximum atomic E-state index is 13.4. The van der Waals surface area contributed by atoms with Crippen LogP contribution in [0.4, 0.5) is 17.1 Å². The molecular weight excluding hydrogens is 564 g/mol. The predicted octanol–water partition coefficient (Wildman–Crippen LogP) is 3.46. The molecule has 0 radical (unpaired) electrons. The molecule has 0 saturated heterocycles. The van der Waals surface area contributed by atoms with Crippen molar-refractivity contribution in [2.24, 2.45) is 10.2 Å². The summed E-state index contributed by atoms with van der Waals surface area (Å²) in [7, 11) is -3.25. The third kappa shape index (κ3) is 6.29. The Hall–Kier alpha value is -2.70. The minimum absolute atomic E-state index is 0. The second kappa shape index (κ2) is 12.0. The molecule has 190 valence electrons. The van der Waals surface area contributed by atoms with E-state index in [0.717, 1.165) is 0 Å². The van der Waals surface area contributed by atoms with Gasteiger partial charge in [-0.1, -0.05) is 53.2 Å². The molecule has 4 aromatic carbocycles. The summed E-state index contributed by atoms with van der Waals surface area (Å²) in [5.41, 5.74) is -0.203.